The quantitative estimate of drug-likeness (QED) is 0.896. The minimum absolute atomic E-state index is 0.205. The fraction of sp³-hybridized carbons (Fsp3) is 0.154. The molecule has 0 amide bonds. The number of thiazole rings is 1. The van der Waals surface area contributed by atoms with Gasteiger partial charge in [0, 0.05) is 6.42 Å². The van der Waals surface area contributed by atoms with Crippen LogP contribution in [0.15, 0.2) is 24.3 Å². The lowest BCUT2D eigenvalue weighted by atomic mass is 10.1. The van der Waals surface area contributed by atoms with E-state index in [4.69, 9.17) is 10.2 Å². The van der Waals surface area contributed by atoms with E-state index in [2.05, 4.69) is 4.98 Å². The van der Waals surface area contributed by atoms with Crippen LogP contribution in [0.25, 0.3) is 0 Å². The average Bonchev–Trinajstić information content (AvgIpc) is 2.71. The Morgan fingerprint density at radius 2 is 1.79 bits per heavy atom. The molecule has 0 aliphatic rings. The van der Waals surface area contributed by atoms with Crippen molar-refractivity contribution in [2.24, 2.45) is 0 Å². The van der Waals surface area contributed by atoms with Gasteiger partial charge < -0.3 is 10.2 Å². The molecular weight excluding hydrogens is 266 g/mol. The van der Waals surface area contributed by atoms with Crippen LogP contribution in [-0.4, -0.2) is 27.1 Å². The van der Waals surface area contributed by atoms with E-state index in [1.807, 2.05) is 0 Å². The van der Waals surface area contributed by atoms with Gasteiger partial charge in [-0.25, -0.2) is 14.6 Å². The second kappa shape index (κ2) is 5.19. The van der Waals surface area contributed by atoms with E-state index in [-0.39, 0.29) is 10.4 Å². The summed E-state index contributed by atoms with van der Waals surface area (Å²) >= 11 is 1.14. The largest absolute Gasteiger partial charge is 0.478 e. The number of aromatic nitrogens is 1. The summed E-state index contributed by atoms with van der Waals surface area (Å²) in [6.07, 6.45) is 0.381. The zero-order chi connectivity index (χ0) is 14.0. The average molecular weight is 277 g/mol. The van der Waals surface area contributed by atoms with Crippen molar-refractivity contribution in [2.45, 2.75) is 13.3 Å². The normalized spacial score (nSPS) is 10.4. The van der Waals surface area contributed by atoms with E-state index < -0.39 is 11.9 Å². The lowest BCUT2D eigenvalue weighted by Crippen LogP contribution is -2.01. The summed E-state index contributed by atoms with van der Waals surface area (Å²) in [6, 6.07) is 6.34. The number of hydrogen-bond donors (Lipinski definition) is 2. The first-order valence-electron chi connectivity index (χ1n) is 5.49. The Hall–Kier alpha value is -2.21. The Morgan fingerprint density at radius 3 is 2.32 bits per heavy atom. The summed E-state index contributed by atoms with van der Waals surface area (Å²) < 4.78 is 0. The lowest BCUT2D eigenvalue weighted by Gasteiger charge is -2.01. The summed E-state index contributed by atoms with van der Waals surface area (Å²) in [5.41, 5.74) is 1.55. The Bertz CT molecular complexity index is 631. The topological polar surface area (TPSA) is 87.5 Å². The molecule has 0 saturated heterocycles. The van der Waals surface area contributed by atoms with Crippen molar-refractivity contribution in [3.63, 3.8) is 0 Å². The molecule has 0 atom stereocenters. The monoisotopic (exact) mass is 277 g/mol. The summed E-state index contributed by atoms with van der Waals surface area (Å²) in [5.74, 6) is -1.97. The van der Waals surface area contributed by atoms with Crippen molar-refractivity contribution in [1.29, 1.82) is 0 Å². The SMILES string of the molecule is Cc1nc(Cc2ccc(C(=O)O)cc2)c(C(=O)O)s1. The molecule has 2 N–H and O–H groups in total. The minimum Gasteiger partial charge on any atom is -0.478 e. The summed E-state index contributed by atoms with van der Waals surface area (Å²) in [6.45, 7) is 1.76. The molecule has 0 bridgehead atoms. The number of rotatable bonds is 4. The molecule has 0 fully saturated rings. The van der Waals surface area contributed by atoms with Crippen molar-refractivity contribution in [3.05, 3.63) is 51.0 Å². The van der Waals surface area contributed by atoms with Crippen LogP contribution >= 0.6 is 11.3 Å². The highest BCUT2D eigenvalue weighted by Crippen LogP contribution is 2.21. The van der Waals surface area contributed by atoms with Crippen molar-refractivity contribution in [3.8, 4) is 0 Å². The molecule has 19 heavy (non-hydrogen) atoms. The zero-order valence-corrected chi connectivity index (χ0v) is 10.9. The van der Waals surface area contributed by atoms with Gasteiger partial charge in [0.25, 0.3) is 0 Å². The molecule has 0 saturated carbocycles. The lowest BCUT2D eigenvalue weighted by molar-refractivity contribution is 0.0688. The van der Waals surface area contributed by atoms with Crippen LogP contribution in [0.2, 0.25) is 0 Å². The van der Waals surface area contributed by atoms with Crippen molar-refractivity contribution in [1.82, 2.24) is 4.98 Å². The maximum absolute atomic E-state index is 11.1. The number of hydrogen-bond acceptors (Lipinski definition) is 4. The molecule has 0 radical (unpaired) electrons. The third kappa shape index (κ3) is 2.97. The Labute approximate surface area is 113 Å². The van der Waals surface area contributed by atoms with Crippen LogP contribution in [0.1, 0.15) is 36.3 Å². The van der Waals surface area contributed by atoms with Gasteiger partial charge in [-0.05, 0) is 24.6 Å². The first-order chi connectivity index (χ1) is 8.97. The number of carboxylic acids is 2. The number of nitrogens with zero attached hydrogens (tertiary/aromatic N) is 1. The predicted molar refractivity (Wildman–Crippen MR) is 70.0 cm³/mol. The van der Waals surface area contributed by atoms with Crippen molar-refractivity contribution >= 4 is 23.3 Å². The van der Waals surface area contributed by atoms with Gasteiger partial charge in [-0.3, -0.25) is 0 Å². The van der Waals surface area contributed by atoms with Crippen LogP contribution in [0.3, 0.4) is 0 Å². The molecule has 1 aromatic heterocycles. The van der Waals surface area contributed by atoms with Crippen molar-refractivity contribution < 1.29 is 19.8 Å². The van der Waals surface area contributed by atoms with E-state index >= 15 is 0 Å². The summed E-state index contributed by atoms with van der Waals surface area (Å²) in [7, 11) is 0. The molecule has 5 nitrogen and oxygen atoms in total. The van der Waals surface area contributed by atoms with Crippen molar-refractivity contribution in [2.75, 3.05) is 0 Å². The number of aryl methyl sites for hydroxylation is 1. The van der Waals surface area contributed by atoms with Crippen LogP contribution in [0.5, 0.6) is 0 Å². The van der Waals surface area contributed by atoms with Gasteiger partial charge in [0.05, 0.1) is 16.3 Å². The highest BCUT2D eigenvalue weighted by Gasteiger charge is 2.16. The number of aromatic carboxylic acids is 2. The summed E-state index contributed by atoms with van der Waals surface area (Å²) in [5, 5.41) is 18.6. The number of benzene rings is 1. The highest BCUT2D eigenvalue weighted by molar-refractivity contribution is 7.13. The Balaban J connectivity index is 2.26. The predicted octanol–water partition coefficient (Wildman–Crippen LogP) is 2.44. The van der Waals surface area contributed by atoms with Crippen LogP contribution in [0.4, 0.5) is 0 Å². The molecule has 0 unspecified atom stereocenters. The molecule has 0 aliphatic heterocycles. The smallest absolute Gasteiger partial charge is 0.347 e. The van der Waals surface area contributed by atoms with Crippen LogP contribution in [0, 0.1) is 6.92 Å². The molecule has 1 heterocycles. The second-order valence-electron chi connectivity index (χ2n) is 3.99. The van der Waals surface area contributed by atoms with E-state index in [0.717, 1.165) is 16.9 Å². The standard InChI is InChI=1S/C13H11NO4S/c1-7-14-10(11(19-7)13(17)18)6-8-2-4-9(5-3-8)12(15)16/h2-5H,6H2,1H3,(H,15,16)(H,17,18). The minimum atomic E-state index is -0.984. The maximum Gasteiger partial charge on any atom is 0.347 e. The van der Waals surface area contributed by atoms with Gasteiger partial charge in [0.2, 0.25) is 0 Å². The fourth-order valence-electron chi connectivity index (χ4n) is 1.72. The summed E-state index contributed by atoms with van der Waals surface area (Å²) in [4.78, 5) is 26.2. The molecule has 0 spiro atoms. The first-order valence-corrected chi connectivity index (χ1v) is 6.31. The molecule has 6 heteroatoms. The van der Waals surface area contributed by atoms with E-state index in [1.54, 1.807) is 19.1 Å². The third-order valence-electron chi connectivity index (χ3n) is 2.57. The molecule has 1 aromatic carbocycles. The van der Waals surface area contributed by atoms with E-state index in [1.165, 1.54) is 12.1 Å². The fourth-order valence-corrected chi connectivity index (χ4v) is 2.49. The third-order valence-corrected chi connectivity index (χ3v) is 3.57. The zero-order valence-electron chi connectivity index (χ0n) is 10.1. The number of carboxylic acid groups (broad SMARTS) is 2. The first kappa shape index (κ1) is 13.2. The van der Waals surface area contributed by atoms with Gasteiger partial charge in [0.1, 0.15) is 4.88 Å². The van der Waals surface area contributed by atoms with Gasteiger partial charge in [-0.1, -0.05) is 12.1 Å². The van der Waals surface area contributed by atoms with Gasteiger partial charge in [-0.2, -0.15) is 0 Å². The Kier molecular flexibility index (Phi) is 3.62. The van der Waals surface area contributed by atoms with Gasteiger partial charge in [-0.15, -0.1) is 11.3 Å². The molecule has 98 valence electrons. The molecule has 2 aromatic rings. The van der Waals surface area contributed by atoms with Crippen LogP contribution < -0.4 is 0 Å². The number of carbonyl (C=O) groups is 2. The van der Waals surface area contributed by atoms with Gasteiger partial charge in [0.15, 0.2) is 0 Å². The van der Waals surface area contributed by atoms with E-state index in [9.17, 15) is 9.59 Å². The molecule has 2 rings (SSSR count). The molecular formula is C13H11NO4S. The second-order valence-corrected chi connectivity index (χ2v) is 5.20. The highest BCUT2D eigenvalue weighted by atomic mass is 32.1. The van der Waals surface area contributed by atoms with Gasteiger partial charge >= 0.3 is 11.9 Å². The maximum atomic E-state index is 11.1. The Morgan fingerprint density at radius 1 is 1.16 bits per heavy atom. The van der Waals surface area contributed by atoms with Crippen LogP contribution in [-0.2, 0) is 6.42 Å². The van der Waals surface area contributed by atoms with E-state index in [0.29, 0.717) is 17.1 Å². The molecule has 0 aliphatic carbocycles.